The Balaban J connectivity index is 1.83. The van der Waals surface area contributed by atoms with Crippen LogP contribution in [0, 0.1) is 24.2 Å². The van der Waals surface area contributed by atoms with Crippen LogP contribution in [0.15, 0.2) is 28.8 Å². The van der Waals surface area contributed by atoms with Crippen LogP contribution in [0.4, 0.5) is 8.78 Å². The van der Waals surface area contributed by atoms with Crippen LogP contribution in [0.1, 0.15) is 75.2 Å². The van der Waals surface area contributed by atoms with E-state index in [0.717, 1.165) is 12.5 Å². The largest absolute Gasteiger partial charge is 0.383 e. The lowest BCUT2D eigenvalue weighted by molar-refractivity contribution is -0.122. The van der Waals surface area contributed by atoms with Gasteiger partial charge in [-0.15, -0.1) is 6.42 Å². The molecule has 1 aliphatic carbocycles. The molecule has 2 aliphatic rings. The Kier molecular flexibility index (Phi) is 8.32. The van der Waals surface area contributed by atoms with E-state index >= 15 is 0 Å². The number of rotatable bonds is 6. The second kappa shape index (κ2) is 11.0. The Morgan fingerprint density at radius 3 is 2.65 bits per heavy atom. The number of aliphatic imine (C=N–C) groups is 1. The minimum Gasteiger partial charge on any atom is -0.383 e. The fourth-order valence-electron chi connectivity index (χ4n) is 4.56. The molecule has 8 heteroatoms. The minimum atomic E-state index is -3.10. The van der Waals surface area contributed by atoms with Crippen LogP contribution < -0.4 is 5.73 Å². The SMILES string of the molecule is C#CC(=O)CC1=CCC[C@H](C(=O)N=C(N)c2ccc(C(C)(F)F)nc2C2CCOCC2)C[C@@H]1C. The van der Waals surface area contributed by atoms with Gasteiger partial charge in [-0.3, -0.25) is 14.6 Å². The summed E-state index contributed by atoms with van der Waals surface area (Å²) in [5, 5.41) is 0. The minimum absolute atomic E-state index is 0.00992. The number of alkyl halides is 2. The molecule has 182 valence electrons. The van der Waals surface area contributed by atoms with E-state index in [4.69, 9.17) is 16.9 Å². The number of halogens is 2. The quantitative estimate of drug-likeness (QED) is 0.220. The van der Waals surface area contributed by atoms with Gasteiger partial charge in [0.2, 0.25) is 5.78 Å². The third-order valence-corrected chi connectivity index (χ3v) is 6.56. The van der Waals surface area contributed by atoms with Crippen LogP contribution >= 0.6 is 0 Å². The monoisotopic (exact) mass is 471 g/mol. The third kappa shape index (κ3) is 6.35. The van der Waals surface area contributed by atoms with E-state index in [0.29, 0.717) is 56.6 Å². The number of pyridine rings is 1. The zero-order valence-corrected chi connectivity index (χ0v) is 19.7. The third-order valence-electron chi connectivity index (χ3n) is 6.56. The van der Waals surface area contributed by atoms with Crippen LogP contribution in [0.3, 0.4) is 0 Å². The van der Waals surface area contributed by atoms with Crippen molar-refractivity contribution < 1.29 is 23.1 Å². The zero-order chi connectivity index (χ0) is 24.9. The van der Waals surface area contributed by atoms with Gasteiger partial charge in [-0.05, 0) is 56.1 Å². The summed E-state index contributed by atoms with van der Waals surface area (Å²) in [6, 6.07) is 2.72. The average molecular weight is 472 g/mol. The maximum atomic E-state index is 14.0. The molecule has 0 spiro atoms. The normalized spacial score (nSPS) is 22.4. The number of ether oxygens (including phenoxy) is 1. The number of carbonyl (C=O) groups is 2. The first-order valence-electron chi connectivity index (χ1n) is 11.6. The molecule has 3 rings (SSSR count). The van der Waals surface area contributed by atoms with Crippen LogP contribution in [-0.2, 0) is 20.2 Å². The van der Waals surface area contributed by atoms with Gasteiger partial charge in [0.15, 0.2) is 0 Å². The predicted octanol–water partition coefficient (Wildman–Crippen LogP) is 4.27. The Labute approximate surface area is 199 Å². The van der Waals surface area contributed by atoms with E-state index in [1.807, 2.05) is 13.0 Å². The molecule has 6 nitrogen and oxygen atoms in total. The molecule has 34 heavy (non-hydrogen) atoms. The van der Waals surface area contributed by atoms with Gasteiger partial charge in [-0.1, -0.05) is 18.6 Å². The van der Waals surface area contributed by atoms with Crippen LogP contribution in [0.5, 0.6) is 0 Å². The van der Waals surface area contributed by atoms with Crippen LogP contribution in [0.2, 0.25) is 0 Å². The van der Waals surface area contributed by atoms with E-state index in [1.54, 1.807) is 0 Å². The number of ketones is 1. The highest BCUT2D eigenvalue weighted by atomic mass is 19.3. The molecule has 0 saturated carbocycles. The second-order valence-corrected chi connectivity index (χ2v) is 9.17. The molecule has 1 fully saturated rings. The van der Waals surface area contributed by atoms with E-state index in [1.165, 1.54) is 12.1 Å². The van der Waals surface area contributed by atoms with Gasteiger partial charge < -0.3 is 10.5 Å². The molecule has 0 aromatic carbocycles. The smallest absolute Gasteiger partial charge is 0.286 e. The van der Waals surface area contributed by atoms with Crippen molar-refractivity contribution in [3.05, 3.63) is 40.7 Å². The van der Waals surface area contributed by atoms with Crippen molar-refractivity contribution in [1.82, 2.24) is 4.98 Å². The number of terminal acetylenes is 1. The molecule has 1 saturated heterocycles. The van der Waals surface area contributed by atoms with E-state index in [-0.39, 0.29) is 47.4 Å². The van der Waals surface area contributed by atoms with Gasteiger partial charge in [0.05, 0.1) is 5.69 Å². The first kappa shape index (κ1) is 25.7. The van der Waals surface area contributed by atoms with Crippen LogP contribution in [0.25, 0.3) is 0 Å². The lowest BCUT2D eigenvalue weighted by atomic mass is 9.88. The van der Waals surface area contributed by atoms with Gasteiger partial charge in [-0.2, -0.15) is 13.8 Å². The summed E-state index contributed by atoms with van der Waals surface area (Å²) in [7, 11) is 0. The van der Waals surface area contributed by atoms with Gasteiger partial charge in [0.25, 0.3) is 11.8 Å². The first-order chi connectivity index (χ1) is 16.1. The molecule has 1 aromatic rings. The van der Waals surface area contributed by atoms with Crippen molar-refractivity contribution >= 4 is 17.5 Å². The number of amides is 1. The Bertz CT molecular complexity index is 1030. The number of nitrogens with two attached hydrogens (primary N) is 1. The van der Waals surface area contributed by atoms with Crippen LogP contribution in [-0.4, -0.2) is 35.7 Å². The Morgan fingerprint density at radius 1 is 1.29 bits per heavy atom. The molecule has 0 bridgehead atoms. The molecule has 1 aromatic heterocycles. The topological polar surface area (TPSA) is 94.6 Å². The number of hydrogen-bond donors (Lipinski definition) is 1. The number of aromatic nitrogens is 1. The van der Waals surface area contributed by atoms with Crippen molar-refractivity contribution in [2.45, 2.75) is 64.2 Å². The van der Waals surface area contributed by atoms with Crippen molar-refractivity contribution in [1.29, 1.82) is 0 Å². The highest BCUT2D eigenvalue weighted by Gasteiger charge is 2.31. The van der Waals surface area contributed by atoms with Crippen molar-refractivity contribution in [3.63, 3.8) is 0 Å². The van der Waals surface area contributed by atoms with Crippen molar-refractivity contribution in [3.8, 4) is 12.3 Å². The molecule has 2 N–H and O–H groups in total. The fourth-order valence-corrected chi connectivity index (χ4v) is 4.56. The lowest BCUT2D eigenvalue weighted by Crippen LogP contribution is -2.26. The van der Waals surface area contributed by atoms with E-state index < -0.39 is 5.92 Å². The van der Waals surface area contributed by atoms with E-state index in [9.17, 15) is 18.4 Å². The number of nitrogens with zero attached hydrogens (tertiary/aromatic N) is 2. The standard InChI is InChI=1S/C26H31F2N3O3/c1-4-20(32)15-18-6-5-7-19(14-16(18)2)25(33)31-24(29)21-8-9-22(26(3,27)28)30-23(21)17-10-12-34-13-11-17/h1,6,8-9,16-17,19H,5,7,10-15H2,2-3H3,(H2,29,31,33)/t16-,19-/m0/s1. The Morgan fingerprint density at radius 2 is 2.00 bits per heavy atom. The number of allylic oxidation sites excluding steroid dienone is 2. The van der Waals surface area contributed by atoms with Gasteiger partial charge in [-0.25, -0.2) is 0 Å². The van der Waals surface area contributed by atoms with Gasteiger partial charge in [0.1, 0.15) is 11.5 Å². The predicted molar refractivity (Wildman–Crippen MR) is 125 cm³/mol. The highest BCUT2D eigenvalue weighted by Crippen LogP contribution is 2.33. The maximum Gasteiger partial charge on any atom is 0.286 e. The van der Waals surface area contributed by atoms with Crippen molar-refractivity contribution in [2.75, 3.05) is 13.2 Å². The molecule has 1 amide bonds. The maximum absolute atomic E-state index is 14.0. The molecule has 2 atom stereocenters. The summed E-state index contributed by atoms with van der Waals surface area (Å²) in [5.41, 5.74) is 7.69. The van der Waals surface area contributed by atoms with Gasteiger partial charge >= 0.3 is 0 Å². The summed E-state index contributed by atoms with van der Waals surface area (Å²) in [5.74, 6) is -2.07. The molecule has 0 unspecified atom stereocenters. The number of Topliss-reactive ketones (excluding diaryl/α,β-unsaturated/α-hetero) is 1. The first-order valence-corrected chi connectivity index (χ1v) is 11.6. The molecule has 1 aliphatic heterocycles. The van der Waals surface area contributed by atoms with E-state index in [2.05, 4.69) is 15.9 Å². The molecular weight excluding hydrogens is 440 g/mol. The lowest BCUT2D eigenvalue weighted by Gasteiger charge is -2.25. The summed E-state index contributed by atoms with van der Waals surface area (Å²) in [6.07, 6.45) is 10.4. The summed E-state index contributed by atoms with van der Waals surface area (Å²) in [4.78, 5) is 33.1. The second-order valence-electron chi connectivity index (χ2n) is 9.17. The highest BCUT2D eigenvalue weighted by molar-refractivity contribution is 6.05. The summed E-state index contributed by atoms with van der Waals surface area (Å²) < 4.78 is 33.3. The zero-order valence-electron chi connectivity index (χ0n) is 19.7. The van der Waals surface area contributed by atoms with Gasteiger partial charge in [0, 0.05) is 44.0 Å². The fraction of sp³-hybridized carbons (Fsp3) is 0.538. The number of hydrogen-bond acceptors (Lipinski definition) is 4. The summed E-state index contributed by atoms with van der Waals surface area (Å²) in [6.45, 7) is 3.78. The number of carbonyl (C=O) groups excluding carboxylic acids is 2. The molecule has 2 heterocycles. The number of amidine groups is 1. The summed E-state index contributed by atoms with van der Waals surface area (Å²) >= 11 is 0. The molecular formula is C26H31F2N3O3. The van der Waals surface area contributed by atoms with Crippen molar-refractivity contribution in [2.24, 2.45) is 22.6 Å². The average Bonchev–Trinajstić information content (AvgIpc) is 2.99. The Hall–Kier alpha value is -2.92. The molecule has 0 radical (unpaired) electrons.